The third-order valence-corrected chi connectivity index (χ3v) is 6.66. The van der Waals surface area contributed by atoms with Crippen LogP contribution in [0, 0.1) is 0 Å². The van der Waals surface area contributed by atoms with Crippen LogP contribution in [-0.2, 0) is 4.79 Å². The molecule has 0 amide bonds. The van der Waals surface area contributed by atoms with Gasteiger partial charge >= 0.3 is 0 Å². The van der Waals surface area contributed by atoms with E-state index >= 15 is 0 Å². The van der Waals surface area contributed by atoms with Gasteiger partial charge in [0, 0.05) is 27.6 Å². The van der Waals surface area contributed by atoms with Crippen molar-refractivity contribution < 1.29 is 4.79 Å². The number of carbonyl (C=O) groups is 1. The van der Waals surface area contributed by atoms with Crippen molar-refractivity contribution in [1.29, 1.82) is 0 Å². The van der Waals surface area contributed by atoms with Gasteiger partial charge in [-0.05, 0) is 33.8 Å². The summed E-state index contributed by atoms with van der Waals surface area (Å²) in [6.07, 6.45) is 0. The van der Waals surface area contributed by atoms with Gasteiger partial charge in [0.05, 0.1) is 11.7 Å². The predicted octanol–water partition coefficient (Wildman–Crippen LogP) is 5.03. The van der Waals surface area contributed by atoms with Crippen molar-refractivity contribution >= 4 is 45.3 Å². The van der Waals surface area contributed by atoms with Crippen LogP contribution in [0.15, 0.2) is 65.2 Å². The Kier molecular flexibility index (Phi) is 3.28. The Morgan fingerprint density at radius 3 is 2.79 bits per heavy atom. The topological polar surface area (TPSA) is 29.1 Å². The largest absolute Gasteiger partial charge is 0.358 e. The van der Waals surface area contributed by atoms with Crippen molar-refractivity contribution in [1.82, 2.24) is 0 Å². The van der Waals surface area contributed by atoms with Gasteiger partial charge < -0.3 is 5.32 Å². The molecule has 5 rings (SSSR count). The van der Waals surface area contributed by atoms with E-state index in [9.17, 15) is 4.79 Å². The second-order valence-corrected chi connectivity index (χ2v) is 8.09. The van der Waals surface area contributed by atoms with Crippen LogP contribution in [-0.4, -0.2) is 17.3 Å². The fourth-order valence-corrected chi connectivity index (χ4v) is 5.49. The van der Waals surface area contributed by atoms with Gasteiger partial charge in [0.15, 0.2) is 5.78 Å². The Morgan fingerprint density at radius 2 is 1.92 bits per heavy atom. The van der Waals surface area contributed by atoms with Crippen LogP contribution in [0.25, 0.3) is 10.8 Å². The fourth-order valence-electron chi connectivity index (χ4n) is 3.77. The molecule has 1 aromatic heterocycles. The summed E-state index contributed by atoms with van der Waals surface area (Å²) in [6.45, 7) is 0. The monoisotopic (exact) mass is 349 g/mol. The molecule has 1 N–H and O–H groups in total. The number of hydrogen-bond donors (Lipinski definition) is 1. The maximum atomic E-state index is 12.8. The maximum Gasteiger partial charge on any atom is 0.171 e. The average Bonchev–Trinajstić information content (AvgIpc) is 3.14. The summed E-state index contributed by atoms with van der Waals surface area (Å²) in [7, 11) is 0. The van der Waals surface area contributed by atoms with E-state index in [0.29, 0.717) is 5.75 Å². The van der Waals surface area contributed by atoms with Gasteiger partial charge in [-0.2, -0.15) is 0 Å². The minimum absolute atomic E-state index is 0.0516. The number of allylic oxidation sites excluding steroid dienone is 1. The maximum absolute atomic E-state index is 12.8. The highest BCUT2D eigenvalue weighted by Gasteiger charge is 2.36. The molecule has 0 aliphatic carbocycles. The van der Waals surface area contributed by atoms with E-state index < -0.39 is 0 Å². The number of rotatable bonds is 1. The smallest absolute Gasteiger partial charge is 0.171 e. The molecule has 1 unspecified atom stereocenters. The Morgan fingerprint density at radius 1 is 1.00 bits per heavy atom. The zero-order valence-corrected chi connectivity index (χ0v) is 14.5. The average molecular weight is 349 g/mol. The first-order chi connectivity index (χ1) is 11.8. The third-order valence-electron chi connectivity index (χ3n) is 4.77. The lowest BCUT2D eigenvalue weighted by Crippen LogP contribution is -2.29. The van der Waals surface area contributed by atoms with E-state index in [1.54, 1.807) is 23.1 Å². The fraction of sp³-hybridized carbons (Fsp3) is 0.150. The van der Waals surface area contributed by atoms with Crippen molar-refractivity contribution in [2.75, 3.05) is 16.8 Å². The summed E-state index contributed by atoms with van der Waals surface area (Å²) in [5.41, 5.74) is 4.45. The highest BCUT2D eigenvalue weighted by Crippen LogP contribution is 2.48. The van der Waals surface area contributed by atoms with E-state index in [1.165, 1.54) is 21.2 Å². The molecule has 0 saturated carbocycles. The summed E-state index contributed by atoms with van der Waals surface area (Å²) in [5, 5.41) is 8.12. The molecule has 0 spiro atoms. The highest BCUT2D eigenvalue weighted by molar-refractivity contribution is 8.00. The minimum atomic E-state index is 0.0516. The SMILES string of the molecule is O=C1CSCC2=C1C(c1cccs1)c1c(ccc3ccccc13)N2. The Hall–Kier alpha value is -2.04. The lowest BCUT2D eigenvalue weighted by molar-refractivity contribution is -0.113. The Bertz CT molecular complexity index is 988. The first-order valence-corrected chi connectivity index (χ1v) is 10.0. The number of Topliss-reactive ketones (excluding diaryl/α,β-unsaturated/α-hetero) is 1. The predicted molar refractivity (Wildman–Crippen MR) is 103 cm³/mol. The molecular weight excluding hydrogens is 334 g/mol. The third kappa shape index (κ3) is 2.06. The van der Waals surface area contributed by atoms with Crippen molar-refractivity contribution in [3.63, 3.8) is 0 Å². The summed E-state index contributed by atoms with van der Waals surface area (Å²) >= 11 is 3.44. The van der Waals surface area contributed by atoms with E-state index in [4.69, 9.17) is 0 Å². The second kappa shape index (κ2) is 5.50. The van der Waals surface area contributed by atoms with Crippen LogP contribution < -0.4 is 5.32 Å². The van der Waals surface area contributed by atoms with Crippen LogP contribution in [0.4, 0.5) is 5.69 Å². The molecule has 2 aromatic carbocycles. The standard InChI is InChI=1S/C20H15NOS2/c22-16-11-23-10-15-19(16)20(17-6-3-9-24-17)18-13-5-2-1-4-12(13)7-8-14(18)21-15/h1-9,20-21H,10-11H2. The molecule has 2 nitrogen and oxygen atoms in total. The molecule has 0 saturated heterocycles. The van der Waals surface area contributed by atoms with Crippen molar-refractivity contribution in [3.8, 4) is 0 Å². The minimum Gasteiger partial charge on any atom is -0.358 e. The van der Waals surface area contributed by atoms with Crippen LogP contribution in [0.3, 0.4) is 0 Å². The molecule has 2 aliphatic rings. The number of benzene rings is 2. The van der Waals surface area contributed by atoms with Gasteiger partial charge in [0.25, 0.3) is 0 Å². The Balaban J connectivity index is 1.85. The zero-order chi connectivity index (χ0) is 16.1. The number of fused-ring (bicyclic) bond motifs is 3. The van der Waals surface area contributed by atoms with Crippen LogP contribution >= 0.6 is 23.1 Å². The molecule has 3 heterocycles. The van der Waals surface area contributed by atoms with Crippen LogP contribution in [0.5, 0.6) is 0 Å². The van der Waals surface area contributed by atoms with Gasteiger partial charge in [-0.3, -0.25) is 4.79 Å². The number of nitrogens with one attached hydrogen (secondary N) is 1. The second-order valence-electron chi connectivity index (χ2n) is 6.13. The highest BCUT2D eigenvalue weighted by atomic mass is 32.2. The number of carbonyl (C=O) groups excluding carboxylic acids is 1. The van der Waals surface area contributed by atoms with Crippen molar-refractivity contribution in [3.05, 3.63) is 75.6 Å². The lowest BCUT2D eigenvalue weighted by Gasteiger charge is -2.34. The number of ketones is 1. The summed E-state index contributed by atoms with van der Waals surface area (Å²) < 4.78 is 0. The van der Waals surface area contributed by atoms with Gasteiger partial charge in [-0.25, -0.2) is 0 Å². The quantitative estimate of drug-likeness (QED) is 0.668. The molecule has 1 atom stereocenters. The molecule has 3 aromatic rings. The molecule has 0 fully saturated rings. The molecule has 24 heavy (non-hydrogen) atoms. The van der Waals surface area contributed by atoms with E-state index in [2.05, 4.69) is 59.2 Å². The molecule has 4 heteroatoms. The molecule has 0 radical (unpaired) electrons. The van der Waals surface area contributed by atoms with Gasteiger partial charge in [-0.1, -0.05) is 36.4 Å². The van der Waals surface area contributed by atoms with Crippen molar-refractivity contribution in [2.45, 2.75) is 5.92 Å². The molecule has 0 bridgehead atoms. The van der Waals surface area contributed by atoms with Crippen LogP contribution in [0.1, 0.15) is 16.4 Å². The number of thiophene rings is 1. The number of thioether (sulfide) groups is 1. The normalized spacial score (nSPS) is 19.8. The van der Waals surface area contributed by atoms with E-state index in [0.717, 1.165) is 22.7 Å². The zero-order valence-electron chi connectivity index (χ0n) is 12.9. The first-order valence-electron chi connectivity index (χ1n) is 7.99. The molecule has 2 aliphatic heterocycles. The van der Waals surface area contributed by atoms with Gasteiger partial charge in [-0.15, -0.1) is 23.1 Å². The van der Waals surface area contributed by atoms with Crippen molar-refractivity contribution in [2.24, 2.45) is 0 Å². The number of hydrogen-bond acceptors (Lipinski definition) is 4. The van der Waals surface area contributed by atoms with Crippen LogP contribution in [0.2, 0.25) is 0 Å². The molecular formula is C20H15NOS2. The van der Waals surface area contributed by atoms with Gasteiger partial charge in [0.1, 0.15) is 0 Å². The summed E-state index contributed by atoms with van der Waals surface area (Å²) in [5.74, 6) is 1.79. The molecule has 118 valence electrons. The summed E-state index contributed by atoms with van der Waals surface area (Å²) in [4.78, 5) is 14.0. The lowest BCUT2D eigenvalue weighted by atomic mass is 9.80. The van der Waals surface area contributed by atoms with E-state index in [1.807, 2.05) is 0 Å². The first kappa shape index (κ1) is 14.3. The van der Waals surface area contributed by atoms with E-state index in [-0.39, 0.29) is 11.7 Å². The Labute approximate surface area is 148 Å². The van der Waals surface area contributed by atoms with Gasteiger partial charge in [0.2, 0.25) is 0 Å². The number of anilines is 1. The summed E-state index contributed by atoms with van der Waals surface area (Å²) in [6, 6.07) is 17.0.